The second-order valence-electron chi connectivity index (χ2n) is 5.18. The molecule has 1 aromatic rings. The molecule has 3 nitrogen and oxygen atoms in total. The van der Waals surface area contributed by atoms with Crippen molar-refractivity contribution < 1.29 is 9.53 Å². The first-order chi connectivity index (χ1) is 9.29. The first kappa shape index (κ1) is 13.9. The van der Waals surface area contributed by atoms with Crippen molar-refractivity contribution >= 4 is 5.91 Å². The lowest BCUT2D eigenvalue weighted by molar-refractivity contribution is 0.0927. The molecule has 0 spiro atoms. The highest BCUT2D eigenvalue weighted by Crippen LogP contribution is 2.18. The molecule has 1 saturated carbocycles. The summed E-state index contributed by atoms with van der Waals surface area (Å²) in [6, 6.07) is 7.76. The van der Waals surface area contributed by atoms with Crippen molar-refractivity contribution in [3.05, 3.63) is 29.8 Å². The zero-order valence-electron chi connectivity index (χ0n) is 11.7. The van der Waals surface area contributed by atoms with E-state index in [4.69, 9.17) is 4.74 Å². The fourth-order valence-electron chi connectivity index (χ4n) is 2.44. The number of rotatable bonds is 5. The molecule has 0 heterocycles. The lowest BCUT2D eigenvalue weighted by Crippen LogP contribution is -2.36. The van der Waals surface area contributed by atoms with Crippen LogP contribution < -0.4 is 10.1 Å². The maximum atomic E-state index is 12.1. The number of hydrogen-bond donors (Lipinski definition) is 1. The van der Waals surface area contributed by atoms with Crippen LogP contribution in [-0.2, 0) is 0 Å². The molecule has 1 amide bonds. The van der Waals surface area contributed by atoms with Crippen LogP contribution in [0.25, 0.3) is 0 Å². The molecule has 1 aliphatic carbocycles. The van der Waals surface area contributed by atoms with Gasteiger partial charge in [0.25, 0.3) is 5.91 Å². The average molecular weight is 261 g/mol. The minimum absolute atomic E-state index is 0.0361. The molecule has 0 bridgehead atoms. The van der Waals surface area contributed by atoms with E-state index in [1.807, 2.05) is 24.3 Å². The normalized spacial score (nSPS) is 16.1. The van der Waals surface area contributed by atoms with E-state index in [9.17, 15) is 4.79 Å². The van der Waals surface area contributed by atoms with Crippen molar-refractivity contribution in [2.24, 2.45) is 0 Å². The van der Waals surface area contributed by atoms with Crippen molar-refractivity contribution in [3.63, 3.8) is 0 Å². The summed E-state index contributed by atoms with van der Waals surface area (Å²) >= 11 is 0. The van der Waals surface area contributed by atoms with Crippen LogP contribution in [0.4, 0.5) is 0 Å². The van der Waals surface area contributed by atoms with E-state index in [0.29, 0.717) is 12.6 Å². The Morgan fingerprint density at radius 3 is 2.53 bits per heavy atom. The molecule has 1 aromatic carbocycles. The van der Waals surface area contributed by atoms with E-state index in [0.717, 1.165) is 30.6 Å². The van der Waals surface area contributed by atoms with Gasteiger partial charge in [0.1, 0.15) is 5.75 Å². The lowest BCUT2D eigenvalue weighted by atomic mass is 9.95. The summed E-state index contributed by atoms with van der Waals surface area (Å²) in [5.74, 6) is 0.866. The van der Waals surface area contributed by atoms with Crippen LogP contribution in [0, 0.1) is 0 Å². The zero-order chi connectivity index (χ0) is 13.5. The summed E-state index contributed by atoms with van der Waals surface area (Å²) in [7, 11) is 0. The SMILES string of the molecule is CCCOc1ccc(C(=O)NC2CCCCC2)cc1. The molecule has 2 rings (SSSR count). The number of benzene rings is 1. The van der Waals surface area contributed by atoms with Gasteiger partial charge < -0.3 is 10.1 Å². The Balaban J connectivity index is 1.87. The second kappa shape index (κ2) is 7.17. The molecule has 1 fully saturated rings. The minimum atomic E-state index is 0.0361. The zero-order valence-corrected chi connectivity index (χ0v) is 11.7. The molecular weight excluding hydrogens is 238 g/mol. The third-order valence-electron chi connectivity index (χ3n) is 3.53. The van der Waals surface area contributed by atoms with E-state index in [1.54, 1.807) is 0 Å². The van der Waals surface area contributed by atoms with Gasteiger partial charge in [-0.3, -0.25) is 4.79 Å². The Morgan fingerprint density at radius 1 is 1.21 bits per heavy atom. The topological polar surface area (TPSA) is 38.3 Å². The van der Waals surface area contributed by atoms with Crippen molar-refractivity contribution in [1.82, 2.24) is 5.32 Å². The summed E-state index contributed by atoms with van der Waals surface area (Å²) in [5.41, 5.74) is 0.717. The fraction of sp³-hybridized carbons (Fsp3) is 0.562. The number of hydrogen-bond acceptors (Lipinski definition) is 2. The second-order valence-corrected chi connectivity index (χ2v) is 5.18. The summed E-state index contributed by atoms with van der Waals surface area (Å²) in [4.78, 5) is 12.1. The monoisotopic (exact) mass is 261 g/mol. The first-order valence-corrected chi connectivity index (χ1v) is 7.33. The maximum Gasteiger partial charge on any atom is 0.251 e. The van der Waals surface area contributed by atoms with Gasteiger partial charge in [-0.1, -0.05) is 26.2 Å². The Labute approximate surface area is 115 Å². The van der Waals surface area contributed by atoms with E-state index in [-0.39, 0.29) is 5.91 Å². The predicted octanol–water partition coefficient (Wildman–Crippen LogP) is 3.54. The predicted molar refractivity (Wildman–Crippen MR) is 76.6 cm³/mol. The van der Waals surface area contributed by atoms with Crippen LogP contribution in [0.3, 0.4) is 0 Å². The third-order valence-corrected chi connectivity index (χ3v) is 3.53. The van der Waals surface area contributed by atoms with Gasteiger partial charge in [-0.2, -0.15) is 0 Å². The molecule has 0 aromatic heterocycles. The molecule has 1 aliphatic rings. The van der Waals surface area contributed by atoms with Crippen LogP contribution in [0.15, 0.2) is 24.3 Å². The van der Waals surface area contributed by atoms with Gasteiger partial charge in [0.15, 0.2) is 0 Å². The van der Waals surface area contributed by atoms with Gasteiger partial charge in [-0.25, -0.2) is 0 Å². The van der Waals surface area contributed by atoms with Gasteiger partial charge >= 0.3 is 0 Å². The minimum Gasteiger partial charge on any atom is -0.494 e. The van der Waals surface area contributed by atoms with Crippen LogP contribution in [0.5, 0.6) is 5.75 Å². The number of carbonyl (C=O) groups is 1. The van der Waals surface area contributed by atoms with Gasteiger partial charge in [-0.05, 0) is 43.5 Å². The van der Waals surface area contributed by atoms with Gasteiger partial charge in [0.05, 0.1) is 6.61 Å². The molecule has 0 saturated heterocycles. The fourth-order valence-corrected chi connectivity index (χ4v) is 2.44. The standard InChI is InChI=1S/C16H23NO2/c1-2-12-19-15-10-8-13(9-11-15)16(18)17-14-6-4-3-5-7-14/h8-11,14H,2-7,12H2,1H3,(H,17,18). The highest BCUT2D eigenvalue weighted by atomic mass is 16.5. The lowest BCUT2D eigenvalue weighted by Gasteiger charge is -2.22. The molecule has 0 unspecified atom stereocenters. The molecule has 1 N–H and O–H groups in total. The molecule has 104 valence electrons. The summed E-state index contributed by atoms with van der Waals surface area (Å²) in [6.45, 7) is 2.79. The van der Waals surface area contributed by atoms with Gasteiger partial charge in [-0.15, -0.1) is 0 Å². The van der Waals surface area contributed by atoms with Crippen molar-refractivity contribution in [2.45, 2.75) is 51.5 Å². The molecular formula is C16H23NO2. The average Bonchev–Trinajstić information content (AvgIpc) is 2.46. The number of nitrogens with one attached hydrogen (secondary N) is 1. The highest BCUT2D eigenvalue weighted by molar-refractivity contribution is 5.94. The van der Waals surface area contributed by atoms with Gasteiger partial charge in [0, 0.05) is 11.6 Å². The Morgan fingerprint density at radius 2 is 1.89 bits per heavy atom. The quantitative estimate of drug-likeness (QED) is 0.880. The smallest absolute Gasteiger partial charge is 0.251 e. The van der Waals surface area contributed by atoms with E-state index in [2.05, 4.69) is 12.2 Å². The number of ether oxygens (including phenoxy) is 1. The molecule has 3 heteroatoms. The van der Waals surface area contributed by atoms with E-state index >= 15 is 0 Å². The molecule has 0 radical (unpaired) electrons. The Kier molecular flexibility index (Phi) is 5.25. The van der Waals surface area contributed by atoms with E-state index < -0.39 is 0 Å². The van der Waals surface area contributed by atoms with Gasteiger partial charge in [0.2, 0.25) is 0 Å². The number of carbonyl (C=O) groups excluding carboxylic acids is 1. The third kappa shape index (κ3) is 4.27. The Hall–Kier alpha value is -1.51. The largest absolute Gasteiger partial charge is 0.494 e. The van der Waals surface area contributed by atoms with Crippen molar-refractivity contribution in [2.75, 3.05) is 6.61 Å². The van der Waals surface area contributed by atoms with Crippen LogP contribution in [-0.4, -0.2) is 18.6 Å². The molecule has 0 atom stereocenters. The van der Waals surface area contributed by atoms with Crippen molar-refractivity contribution in [1.29, 1.82) is 0 Å². The summed E-state index contributed by atoms with van der Waals surface area (Å²) < 4.78 is 5.51. The Bertz CT molecular complexity index is 394. The highest BCUT2D eigenvalue weighted by Gasteiger charge is 2.16. The number of amides is 1. The maximum absolute atomic E-state index is 12.1. The van der Waals surface area contributed by atoms with Crippen molar-refractivity contribution in [3.8, 4) is 5.75 Å². The van der Waals surface area contributed by atoms with Crippen LogP contribution in [0.1, 0.15) is 55.8 Å². The molecule has 0 aliphatic heterocycles. The summed E-state index contributed by atoms with van der Waals surface area (Å²) in [6.07, 6.45) is 6.98. The van der Waals surface area contributed by atoms with Crippen LogP contribution >= 0.6 is 0 Å². The van der Waals surface area contributed by atoms with Crippen LogP contribution in [0.2, 0.25) is 0 Å². The summed E-state index contributed by atoms with van der Waals surface area (Å²) in [5, 5.41) is 3.12. The van der Waals surface area contributed by atoms with E-state index in [1.165, 1.54) is 19.3 Å². The molecule has 19 heavy (non-hydrogen) atoms. The first-order valence-electron chi connectivity index (χ1n) is 7.33.